The maximum Gasteiger partial charge on any atom is 0.274 e. The Bertz CT molecular complexity index is 1340. The van der Waals surface area contributed by atoms with Crippen LogP contribution in [0.2, 0.25) is 0 Å². The number of pyridine rings is 1. The summed E-state index contributed by atoms with van der Waals surface area (Å²) in [6.07, 6.45) is 2.59. The summed E-state index contributed by atoms with van der Waals surface area (Å²) in [6, 6.07) is 4.06. The van der Waals surface area contributed by atoms with Gasteiger partial charge in [-0.2, -0.15) is 0 Å². The van der Waals surface area contributed by atoms with Crippen molar-refractivity contribution >= 4 is 17.7 Å². The second-order valence-electron chi connectivity index (χ2n) is 9.62. The number of hydrogen-bond donors (Lipinski definition) is 2. The first-order valence-corrected chi connectivity index (χ1v) is 11.6. The van der Waals surface area contributed by atoms with Crippen molar-refractivity contribution in [3.05, 3.63) is 62.8 Å². The van der Waals surface area contributed by atoms with E-state index in [1.54, 1.807) is 30.9 Å². The Balaban J connectivity index is 1.55. The number of carbonyl (C=O) groups is 2. The topological polar surface area (TPSA) is 113 Å². The van der Waals surface area contributed by atoms with Crippen molar-refractivity contribution in [2.45, 2.75) is 57.8 Å². The van der Waals surface area contributed by atoms with Crippen LogP contribution in [-0.4, -0.2) is 57.0 Å². The zero-order chi connectivity index (χ0) is 25.1. The van der Waals surface area contributed by atoms with E-state index in [1.165, 1.54) is 16.8 Å². The minimum absolute atomic E-state index is 0.121. The van der Waals surface area contributed by atoms with Gasteiger partial charge in [-0.05, 0) is 38.3 Å². The fourth-order valence-corrected chi connectivity index (χ4v) is 5.28. The molecule has 5 rings (SSSR count). The maximum absolute atomic E-state index is 14.2. The molecule has 3 aliphatic heterocycles. The van der Waals surface area contributed by atoms with E-state index in [0.29, 0.717) is 31.8 Å². The Morgan fingerprint density at radius 2 is 2.11 bits per heavy atom. The summed E-state index contributed by atoms with van der Waals surface area (Å²) in [6.45, 7) is 5.98. The number of aromatic nitrogens is 1. The molecule has 1 aromatic carbocycles. The molecule has 1 saturated heterocycles. The second-order valence-corrected chi connectivity index (χ2v) is 9.62. The van der Waals surface area contributed by atoms with Crippen LogP contribution in [0, 0.1) is 12.7 Å². The van der Waals surface area contributed by atoms with Gasteiger partial charge in [0, 0.05) is 37.8 Å². The predicted octanol–water partition coefficient (Wildman–Crippen LogP) is 2.30. The number of ether oxygens (including phenoxy) is 1. The first-order chi connectivity index (χ1) is 16.6. The highest BCUT2D eigenvalue weighted by Crippen LogP contribution is 2.44. The monoisotopic (exact) mass is 482 g/mol. The molecular formula is C25H27FN4O5. The standard InChI is InChI=1S/C25H27FN4O5/c1-13-4-5-16(18(26)8-13)9-27-23(33)17-10-30-19-11-29(24(34)20(30)22(32)21(17)31)14(2)6-7-25(19)12-28-15(3)35-25/h4-5,8,10,14,19,32H,6-7,9,11-12H2,1-3H3,(H,27,33)/t14-,19+,25?/m0/s1. The maximum atomic E-state index is 14.2. The van der Waals surface area contributed by atoms with Crippen LogP contribution in [0.4, 0.5) is 4.39 Å². The zero-order valence-electron chi connectivity index (χ0n) is 19.8. The molecule has 1 spiro atoms. The first-order valence-electron chi connectivity index (χ1n) is 11.6. The van der Waals surface area contributed by atoms with Gasteiger partial charge in [0.25, 0.3) is 11.8 Å². The molecule has 1 fully saturated rings. The third-order valence-corrected chi connectivity index (χ3v) is 7.32. The van der Waals surface area contributed by atoms with Crippen LogP contribution in [0.1, 0.15) is 64.7 Å². The van der Waals surface area contributed by atoms with E-state index in [9.17, 15) is 23.9 Å². The number of rotatable bonds is 3. The van der Waals surface area contributed by atoms with Crippen LogP contribution in [-0.2, 0) is 11.3 Å². The Morgan fingerprint density at radius 1 is 1.34 bits per heavy atom. The van der Waals surface area contributed by atoms with Gasteiger partial charge in [0.2, 0.25) is 5.43 Å². The van der Waals surface area contributed by atoms with Crippen molar-refractivity contribution in [1.82, 2.24) is 14.8 Å². The highest BCUT2D eigenvalue weighted by molar-refractivity contribution is 5.99. The van der Waals surface area contributed by atoms with Gasteiger partial charge in [-0.15, -0.1) is 0 Å². The van der Waals surface area contributed by atoms with Gasteiger partial charge in [0.05, 0.1) is 12.6 Å². The van der Waals surface area contributed by atoms with Gasteiger partial charge in [-0.25, -0.2) is 4.39 Å². The van der Waals surface area contributed by atoms with Crippen molar-refractivity contribution in [3.8, 4) is 5.75 Å². The lowest BCUT2D eigenvalue weighted by atomic mass is 9.88. The number of carbonyl (C=O) groups excluding carboxylic acids is 2. The largest absolute Gasteiger partial charge is 0.503 e. The molecule has 1 aromatic heterocycles. The van der Waals surface area contributed by atoms with Gasteiger partial charge in [-0.1, -0.05) is 12.1 Å². The summed E-state index contributed by atoms with van der Waals surface area (Å²) in [5.41, 5.74) is -1.19. The summed E-state index contributed by atoms with van der Waals surface area (Å²) in [4.78, 5) is 45.3. The fraction of sp³-hybridized carbons (Fsp3) is 0.440. The fourth-order valence-electron chi connectivity index (χ4n) is 5.28. The number of fused-ring (bicyclic) bond motifs is 5. The van der Waals surface area contributed by atoms with Gasteiger partial charge in [0.15, 0.2) is 22.9 Å². The highest BCUT2D eigenvalue weighted by Gasteiger charge is 2.53. The summed E-state index contributed by atoms with van der Waals surface area (Å²) in [5, 5.41) is 13.4. The van der Waals surface area contributed by atoms with E-state index in [1.807, 2.05) is 6.92 Å². The highest BCUT2D eigenvalue weighted by atomic mass is 19.1. The number of aryl methyl sites for hydroxylation is 1. The van der Waals surface area contributed by atoms with Gasteiger partial charge < -0.3 is 24.6 Å². The van der Waals surface area contributed by atoms with E-state index in [0.717, 1.165) is 5.56 Å². The lowest BCUT2D eigenvalue weighted by Gasteiger charge is -2.42. The number of aromatic hydroxyl groups is 1. The smallest absolute Gasteiger partial charge is 0.274 e. The average Bonchev–Trinajstić information content (AvgIpc) is 3.14. The SMILES string of the molecule is CC1=NCC2(CC[C@H](C)N3C[C@H]2n2cc(C(=O)NCc4ccc(C)cc4F)c(=O)c(O)c2C3=O)O1. The normalized spacial score (nSPS) is 25.1. The van der Waals surface area contributed by atoms with Crippen LogP contribution in [0.25, 0.3) is 0 Å². The number of nitrogens with one attached hydrogen (secondary N) is 1. The number of amides is 2. The molecule has 2 aromatic rings. The third-order valence-electron chi connectivity index (χ3n) is 7.32. The van der Waals surface area contributed by atoms with E-state index in [2.05, 4.69) is 10.3 Å². The summed E-state index contributed by atoms with van der Waals surface area (Å²) in [5.74, 6) is -1.95. The van der Waals surface area contributed by atoms with E-state index >= 15 is 0 Å². The Hall–Kier alpha value is -3.69. The van der Waals surface area contributed by atoms with Crippen molar-refractivity contribution in [2.75, 3.05) is 13.1 Å². The Labute approximate surface area is 201 Å². The van der Waals surface area contributed by atoms with E-state index in [-0.39, 0.29) is 29.4 Å². The summed E-state index contributed by atoms with van der Waals surface area (Å²) >= 11 is 0. The molecule has 2 amide bonds. The molecule has 0 saturated carbocycles. The zero-order valence-corrected chi connectivity index (χ0v) is 19.8. The minimum Gasteiger partial charge on any atom is -0.503 e. The minimum atomic E-state index is -0.951. The molecule has 3 atom stereocenters. The van der Waals surface area contributed by atoms with Crippen molar-refractivity contribution in [2.24, 2.45) is 4.99 Å². The molecular weight excluding hydrogens is 455 g/mol. The molecule has 1 unspecified atom stereocenters. The molecule has 4 heterocycles. The molecule has 10 heteroatoms. The molecule has 184 valence electrons. The Morgan fingerprint density at radius 3 is 2.80 bits per heavy atom. The average molecular weight is 483 g/mol. The molecule has 2 N–H and O–H groups in total. The van der Waals surface area contributed by atoms with Crippen LogP contribution in [0.5, 0.6) is 5.75 Å². The molecule has 35 heavy (non-hydrogen) atoms. The predicted molar refractivity (Wildman–Crippen MR) is 125 cm³/mol. The first kappa shape index (κ1) is 23.1. The number of nitrogens with zero attached hydrogens (tertiary/aromatic N) is 3. The number of halogens is 1. The molecule has 0 radical (unpaired) electrons. The van der Waals surface area contributed by atoms with Crippen molar-refractivity contribution < 1.29 is 23.8 Å². The molecule has 2 bridgehead atoms. The number of benzene rings is 1. The number of hydrogen-bond acceptors (Lipinski definition) is 6. The molecule has 0 aliphatic carbocycles. The van der Waals surface area contributed by atoms with Gasteiger partial charge in [-0.3, -0.25) is 19.4 Å². The van der Waals surface area contributed by atoms with Crippen molar-refractivity contribution in [1.29, 1.82) is 0 Å². The summed E-state index contributed by atoms with van der Waals surface area (Å²) in [7, 11) is 0. The summed E-state index contributed by atoms with van der Waals surface area (Å²) < 4.78 is 21.9. The van der Waals surface area contributed by atoms with Gasteiger partial charge in [0.1, 0.15) is 11.4 Å². The van der Waals surface area contributed by atoms with Crippen LogP contribution in [0.3, 0.4) is 0 Å². The number of aliphatic imine (C=N–C) groups is 1. The Kier molecular flexibility index (Phi) is 5.41. The lowest BCUT2D eigenvalue weighted by molar-refractivity contribution is 0.0103. The quantitative estimate of drug-likeness (QED) is 0.697. The van der Waals surface area contributed by atoms with E-state index < -0.39 is 40.5 Å². The van der Waals surface area contributed by atoms with Gasteiger partial charge >= 0.3 is 0 Å². The second kappa shape index (κ2) is 8.21. The molecule has 3 aliphatic rings. The van der Waals surface area contributed by atoms with Crippen LogP contribution >= 0.6 is 0 Å². The van der Waals surface area contributed by atoms with E-state index in [4.69, 9.17) is 4.74 Å². The van der Waals surface area contributed by atoms with Crippen LogP contribution < -0.4 is 10.7 Å². The lowest BCUT2D eigenvalue weighted by Crippen LogP contribution is -2.53. The third kappa shape index (κ3) is 3.67. The van der Waals surface area contributed by atoms with Crippen molar-refractivity contribution in [3.63, 3.8) is 0 Å². The van der Waals surface area contributed by atoms with Crippen LogP contribution in [0.15, 0.2) is 34.2 Å². The molecule has 9 nitrogen and oxygen atoms in total.